The smallest absolute Gasteiger partial charge is 0.227 e. The molecule has 9 heteroatoms. The second-order valence-corrected chi connectivity index (χ2v) is 7.52. The molecule has 1 atom stereocenters. The summed E-state index contributed by atoms with van der Waals surface area (Å²) in [5, 5.41) is 10.6. The van der Waals surface area contributed by atoms with Gasteiger partial charge in [0.1, 0.15) is 5.82 Å². The van der Waals surface area contributed by atoms with E-state index >= 15 is 0 Å². The van der Waals surface area contributed by atoms with Crippen LogP contribution in [0.2, 0.25) is 5.02 Å². The first-order chi connectivity index (χ1) is 15.4. The second-order valence-electron chi connectivity index (χ2n) is 7.08. The Morgan fingerprint density at radius 1 is 1.09 bits per heavy atom. The van der Waals surface area contributed by atoms with Crippen molar-refractivity contribution in [2.24, 2.45) is 0 Å². The minimum Gasteiger partial charge on any atom is -0.493 e. The minimum absolute atomic E-state index is 0.0505. The summed E-state index contributed by atoms with van der Waals surface area (Å²) >= 11 is 5.95. The Kier molecular flexibility index (Phi) is 7.72. The van der Waals surface area contributed by atoms with Crippen molar-refractivity contribution in [1.82, 2.24) is 15.1 Å². The maximum atomic E-state index is 12.8. The summed E-state index contributed by atoms with van der Waals surface area (Å²) in [7, 11) is 3.15. The highest BCUT2D eigenvalue weighted by Crippen LogP contribution is 2.31. The van der Waals surface area contributed by atoms with Crippen LogP contribution in [0.4, 0.5) is 5.82 Å². The molecule has 8 nitrogen and oxygen atoms in total. The number of nitrogens with one attached hydrogen (secondary N) is 2. The molecule has 1 aromatic heterocycles. The molecule has 3 rings (SSSR count). The molecule has 0 aliphatic heterocycles. The van der Waals surface area contributed by atoms with Gasteiger partial charge in [0.15, 0.2) is 11.5 Å². The highest BCUT2D eigenvalue weighted by molar-refractivity contribution is 6.30. The van der Waals surface area contributed by atoms with Gasteiger partial charge in [-0.1, -0.05) is 35.9 Å². The predicted octanol–water partition coefficient (Wildman–Crippen LogP) is 3.81. The number of anilines is 1. The van der Waals surface area contributed by atoms with Crippen molar-refractivity contribution in [1.29, 1.82) is 0 Å². The van der Waals surface area contributed by atoms with E-state index in [0.29, 0.717) is 28.9 Å². The molecular weight excluding hydrogens is 432 g/mol. The van der Waals surface area contributed by atoms with Crippen molar-refractivity contribution in [3.05, 3.63) is 70.9 Å². The molecule has 0 radical (unpaired) electrons. The average molecular weight is 457 g/mol. The molecule has 0 saturated heterocycles. The van der Waals surface area contributed by atoms with Gasteiger partial charge in [-0.2, -0.15) is 5.10 Å². The maximum absolute atomic E-state index is 12.8. The van der Waals surface area contributed by atoms with Crippen molar-refractivity contribution in [3.63, 3.8) is 0 Å². The summed E-state index contributed by atoms with van der Waals surface area (Å²) < 4.78 is 12.5. The van der Waals surface area contributed by atoms with Crippen LogP contribution in [0.15, 0.2) is 54.7 Å². The van der Waals surface area contributed by atoms with E-state index in [9.17, 15) is 9.59 Å². The number of aromatic nitrogens is 2. The number of amides is 2. The fourth-order valence-corrected chi connectivity index (χ4v) is 3.50. The largest absolute Gasteiger partial charge is 0.493 e. The molecule has 2 aromatic carbocycles. The first kappa shape index (κ1) is 23.1. The van der Waals surface area contributed by atoms with E-state index in [0.717, 1.165) is 11.1 Å². The van der Waals surface area contributed by atoms with Crippen LogP contribution < -0.4 is 20.1 Å². The van der Waals surface area contributed by atoms with E-state index in [4.69, 9.17) is 21.1 Å². The van der Waals surface area contributed by atoms with Crippen molar-refractivity contribution in [2.45, 2.75) is 25.9 Å². The SMILES string of the molecule is COc1cccc(Cn2nccc2NC(=O)CC(NC(C)=O)c2ccc(Cl)cc2)c1OC. The van der Waals surface area contributed by atoms with E-state index < -0.39 is 6.04 Å². The van der Waals surface area contributed by atoms with E-state index in [1.807, 2.05) is 18.2 Å². The quantitative estimate of drug-likeness (QED) is 0.510. The molecular formula is C23H25ClN4O4. The number of para-hydroxylation sites is 1. The molecule has 1 heterocycles. The Labute approximate surface area is 191 Å². The monoisotopic (exact) mass is 456 g/mol. The Balaban J connectivity index is 1.74. The van der Waals surface area contributed by atoms with Crippen molar-refractivity contribution in [3.8, 4) is 11.5 Å². The summed E-state index contributed by atoms with van der Waals surface area (Å²) in [5.41, 5.74) is 1.64. The molecule has 32 heavy (non-hydrogen) atoms. The molecule has 0 aliphatic carbocycles. The number of carbonyl (C=O) groups excluding carboxylic acids is 2. The third-order valence-electron chi connectivity index (χ3n) is 4.83. The number of nitrogens with zero attached hydrogens (tertiary/aromatic N) is 2. The van der Waals surface area contributed by atoms with Crippen LogP contribution in [-0.4, -0.2) is 35.8 Å². The van der Waals surface area contributed by atoms with Gasteiger partial charge in [0.25, 0.3) is 0 Å². The lowest BCUT2D eigenvalue weighted by Crippen LogP contribution is -2.30. The third-order valence-corrected chi connectivity index (χ3v) is 5.08. The molecule has 168 valence electrons. The average Bonchev–Trinajstić information content (AvgIpc) is 3.19. The van der Waals surface area contributed by atoms with E-state index in [1.165, 1.54) is 6.92 Å². The summed E-state index contributed by atoms with van der Waals surface area (Å²) in [6.45, 7) is 1.78. The molecule has 0 bridgehead atoms. The Bertz CT molecular complexity index is 1080. The maximum Gasteiger partial charge on any atom is 0.227 e. The molecule has 2 N–H and O–H groups in total. The van der Waals surface area contributed by atoms with Crippen LogP contribution in [0, 0.1) is 0 Å². The molecule has 0 spiro atoms. The first-order valence-corrected chi connectivity index (χ1v) is 10.3. The molecule has 1 unspecified atom stereocenters. The molecule has 2 amide bonds. The lowest BCUT2D eigenvalue weighted by atomic mass is 10.0. The number of halogens is 1. The lowest BCUT2D eigenvalue weighted by Gasteiger charge is -2.19. The van der Waals surface area contributed by atoms with Gasteiger partial charge in [-0.05, 0) is 23.8 Å². The van der Waals surface area contributed by atoms with Gasteiger partial charge >= 0.3 is 0 Å². The Morgan fingerprint density at radius 2 is 1.84 bits per heavy atom. The van der Waals surface area contributed by atoms with E-state index in [2.05, 4.69) is 15.7 Å². The fourth-order valence-electron chi connectivity index (χ4n) is 3.38. The number of ether oxygens (including phenoxy) is 2. The number of benzene rings is 2. The first-order valence-electron chi connectivity index (χ1n) is 9.95. The Hall–Kier alpha value is -3.52. The predicted molar refractivity (Wildman–Crippen MR) is 122 cm³/mol. The number of methoxy groups -OCH3 is 2. The second kappa shape index (κ2) is 10.7. The van der Waals surface area contributed by atoms with Gasteiger partial charge in [0.05, 0.1) is 39.4 Å². The van der Waals surface area contributed by atoms with Crippen LogP contribution >= 0.6 is 11.6 Å². The van der Waals surface area contributed by atoms with Crippen molar-refractivity contribution in [2.75, 3.05) is 19.5 Å². The molecule has 0 aliphatic rings. The standard InChI is InChI=1S/C23H25ClN4O4/c1-15(29)26-19(16-7-9-18(24)10-8-16)13-22(30)27-21-11-12-25-28(21)14-17-5-4-6-20(31-2)23(17)32-3/h4-12,19H,13-14H2,1-3H3,(H,26,29)(H,27,30). The van der Waals surface area contributed by atoms with Crippen LogP contribution in [-0.2, 0) is 16.1 Å². The van der Waals surface area contributed by atoms with Crippen LogP contribution in [0.5, 0.6) is 11.5 Å². The number of carbonyl (C=O) groups is 2. The van der Waals surface area contributed by atoms with Gasteiger partial charge < -0.3 is 20.1 Å². The van der Waals surface area contributed by atoms with Crippen LogP contribution in [0.3, 0.4) is 0 Å². The number of hydrogen-bond acceptors (Lipinski definition) is 5. The van der Waals surface area contributed by atoms with Gasteiger partial charge in [0.2, 0.25) is 11.8 Å². The van der Waals surface area contributed by atoms with Crippen LogP contribution in [0.25, 0.3) is 0 Å². The zero-order valence-corrected chi connectivity index (χ0v) is 18.8. The van der Waals surface area contributed by atoms with Gasteiger partial charge in [-0.15, -0.1) is 0 Å². The highest BCUT2D eigenvalue weighted by Gasteiger charge is 2.19. The summed E-state index contributed by atoms with van der Waals surface area (Å²) in [4.78, 5) is 24.5. The highest BCUT2D eigenvalue weighted by atomic mass is 35.5. The Morgan fingerprint density at radius 3 is 2.50 bits per heavy atom. The van der Waals surface area contributed by atoms with Gasteiger partial charge in [-0.25, -0.2) is 4.68 Å². The van der Waals surface area contributed by atoms with Crippen molar-refractivity contribution < 1.29 is 19.1 Å². The summed E-state index contributed by atoms with van der Waals surface area (Å²) in [6, 6.07) is 13.8. The number of rotatable bonds is 9. The zero-order chi connectivity index (χ0) is 23.1. The third kappa shape index (κ3) is 5.79. The topological polar surface area (TPSA) is 94.5 Å². The number of hydrogen-bond donors (Lipinski definition) is 2. The summed E-state index contributed by atoms with van der Waals surface area (Å²) in [6.07, 6.45) is 1.65. The van der Waals surface area contributed by atoms with Gasteiger partial charge in [-0.3, -0.25) is 9.59 Å². The molecule has 3 aromatic rings. The van der Waals surface area contributed by atoms with Crippen LogP contribution in [0.1, 0.15) is 30.5 Å². The lowest BCUT2D eigenvalue weighted by molar-refractivity contribution is -0.120. The fraction of sp³-hybridized carbons (Fsp3) is 0.261. The van der Waals surface area contributed by atoms with E-state index in [-0.39, 0.29) is 18.2 Å². The molecule has 0 saturated carbocycles. The normalized spacial score (nSPS) is 11.5. The van der Waals surface area contributed by atoms with Crippen molar-refractivity contribution >= 4 is 29.2 Å². The summed E-state index contributed by atoms with van der Waals surface area (Å²) in [5.74, 6) is 1.25. The van der Waals surface area contributed by atoms with Gasteiger partial charge in [0, 0.05) is 23.6 Å². The van der Waals surface area contributed by atoms with E-state index in [1.54, 1.807) is 55.4 Å². The minimum atomic E-state index is -0.486. The zero-order valence-electron chi connectivity index (χ0n) is 18.1. The molecule has 0 fully saturated rings.